The quantitative estimate of drug-likeness (QED) is 0.869. The molecule has 2 aromatic rings. The maximum atomic E-state index is 12.5. The smallest absolute Gasteiger partial charge is 0.227 e. The normalized spacial score (nSPS) is 16.6. The first-order valence-corrected chi connectivity index (χ1v) is 8.94. The lowest BCUT2D eigenvalue weighted by Gasteiger charge is -2.20. The fourth-order valence-corrected chi connectivity index (χ4v) is 3.21. The molecular formula is C21H24N2O3. The van der Waals surface area contributed by atoms with Gasteiger partial charge in [-0.05, 0) is 37.1 Å². The van der Waals surface area contributed by atoms with Gasteiger partial charge in [-0.3, -0.25) is 9.59 Å². The predicted molar refractivity (Wildman–Crippen MR) is 101 cm³/mol. The molecule has 0 aliphatic carbocycles. The summed E-state index contributed by atoms with van der Waals surface area (Å²) in [6.45, 7) is 5.31. The molecule has 26 heavy (non-hydrogen) atoms. The Morgan fingerprint density at radius 1 is 1.19 bits per heavy atom. The van der Waals surface area contributed by atoms with Crippen molar-refractivity contribution < 1.29 is 14.3 Å². The minimum Gasteiger partial charge on any atom is -0.492 e. The van der Waals surface area contributed by atoms with Crippen molar-refractivity contribution in [1.29, 1.82) is 0 Å². The molecule has 1 aliphatic heterocycles. The Labute approximate surface area is 154 Å². The summed E-state index contributed by atoms with van der Waals surface area (Å²) in [5, 5.41) is 2.96. The number of carbonyl (C=O) groups is 2. The Hall–Kier alpha value is -2.82. The van der Waals surface area contributed by atoms with E-state index in [1.807, 2.05) is 62.4 Å². The maximum absolute atomic E-state index is 12.5. The number of nitrogens with one attached hydrogen (secondary N) is 1. The molecule has 0 saturated carbocycles. The van der Waals surface area contributed by atoms with Gasteiger partial charge in [0.05, 0.1) is 18.2 Å². The first-order valence-electron chi connectivity index (χ1n) is 8.94. The Balaban J connectivity index is 1.66. The van der Waals surface area contributed by atoms with Gasteiger partial charge >= 0.3 is 0 Å². The summed E-state index contributed by atoms with van der Waals surface area (Å²) in [4.78, 5) is 26.7. The van der Waals surface area contributed by atoms with Crippen LogP contribution in [0.5, 0.6) is 5.75 Å². The van der Waals surface area contributed by atoms with E-state index in [0.29, 0.717) is 25.4 Å². The number of anilines is 1. The molecule has 2 aromatic carbocycles. The summed E-state index contributed by atoms with van der Waals surface area (Å²) in [5.74, 6) is 0.191. The minimum atomic E-state index is -0.346. The lowest BCUT2D eigenvalue weighted by molar-refractivity contribution is -0.126. The number of ether oxygens (including phenoxy) is 1. The molecular weight excluding hydrogens is 328 g/mol. The van der Waals surface area contributed by atoms with Crippen LogP contribution < -0.4 is 15.0 Å². The largest absolute Gasteiger partial charge is 0.492 e. The summed E-state index contributed by atoms with van der Waals surface area (Å²) < 4.78 is 5.62. The number of amides is 2. The van der Waals surface area contributed by atoms with Gasteiger partial charge in [-0.25, -0.2) is 0 Å². The average Bonchev–Trinajstić information content (AvgIpc) is 3.03. The van der Waals surface area contributed by atoms with E-state index in [0.717, 1.165) is 16.8 Å². The number of nitrogens with zero attached hydrogens (tertiary/aromatic N) is 1. The van der Waals surface area contributed by atoms with Gasteiger partial charge in [0.15, 0.2) is 0 Å². The molecule has 0 aromatic heterocycles. The highest BCUT2D eigenvalue weighted by Crippen LogP contribution is 2.33. The Bertz CT molecular complexity index is 803. The summed E-state index contributed by atoms with van der Waals surface area (Å²) >= 11 is 0. The van der Waals surface area contributed by atoms with Crippen molar-refractivity contribution in [2.24, 2.45) is 5.92 Å². The summed E-state index contributed by atoms with van der Waals surface area (Å²) in [5.41, 5.74) is 2.96. The topological polar surface area (TPSA) is 58.6 Å². The van der Waals surface area contributed by atoms with Crippen LogP contribution in [0.15, 0.2) is 48.5 Å². The molecule has 1 fully saturated rings. The Morgan fingerprint density at radius 2 is 1.92 bits per heavy atom. The number of hydrogen-bond donors (Lipinski definition) is 1. The second-order valence-electron chi connectivity index (χ2n) is 6.45. The minimum absolute atomic E-state index is 0.0480. The van der Waals surface area contributed by atoms with Crippen molar-refractivity contribution in [3.05, 3.63) is 59.7 Å². The van der Waals surface area contributed by atoms with Crippen LogP contribution in [0.1, 0.15) is 24.5 Å². The molecule has 5 heteroatoms. The Morgan fingerprint density at radius 3 is 2.69 bits per heavy atom. The molecule has 1 N–H and O–H groups in total. The molecule has 5 nitrogen and oxygen atoms in total. The van der Waals surface area contributed by atoms with Gasteiger partial charge in [-0.2, -0.15) is 0 Å². The lowest BCUT2D eigenvalue weighted by atomic mass is 10.1. The third kappa shape index (κ3) is 3.87. The van der Waals surface area contributed by atoms with Crippen molar-refractivity contribution in [3.8, 4) is 5.75 Å². The van der Waals surface area contributed by atoms with Crippen molar-refractivity contribution in [2.75, 3.05) is 18.1 Å². The van der Waals surface area contributed by atoms with E-state index in [1.54, 1.807) is 4.90 Å². The van der Waals surface area contributed by atoms with Crippen LogP contribution in [0.4, 0.5) is 5.69 Å². The van der Waals surface area contributed by atoms with Gasteiger partial charge in [-0.1, -0.05) is 36.4 Å². The zero-order valence-electron chi connectivity index (χ0n) is 15.2. The molecule has 2 amide bonds. The fourth-order valence-electron chi connectivity index (χ4n) is 3.21. The second-order valence-corrected chi connectivity index (χ2v) is 6.45. The number of benzene rings is 2. The molecule has 0 spiro atoms. The molecule has 0 radical (unpaired) electrons. The predicted octanol–water partition coefficient (Wildman–Crippen LogP) is 3.06. The van der Waals surface area contributed by atoms with Crippen LogP contribution in [0.25, 0.3) is 0 Å². The number of hydrogen-bond acceptors (Lipinski definition) is 3. The van der Waals surface area contributed by atoms with Crippen LogP contribution in [0.2, 0.25) is 0 Å². The van der Waals surface area contributed by atoms with Gasteiger partial charge in [0.1, 0.15) is 5.75 Å². The zero-order chi connectivity index (χ0) is 18.5. The van der Waals surface area contributed by atoms with E-state index >= 15 is 0 Å². The van der Waals surface area contributed by atoms with Crippen molar-refractivity contribution in [3.63, 3.8) is 0 Å². The first kappa shape index (κ1) is 18.0. The molecule has 1 unspecified atom stereocenters. The SMILES string of the molecule is CCOc1ccccc1N1CC(C(=O)NCc2ccccc2C)CC1=O. The monoisotopic (exact) mass is 352 g/mol. The highest BCUT2D eigenvalue weighted by Gasteiger charge is 2.36. The fraction of sp³-hybridized carbons (Fsp3) is 0.333. The van der Waals surface area contributed by atoms with E-state index in [1.165, 1.54) is 0 Å². The number of rotatable bonds is 6. The van der Waals surface area contributed by atoms with Crippen LogP contribution >= 0.6 is 0 Å². The van der Waals surface area contributed by atoms with Crippen LogP contribution in [-0.4, -0.2) is 25.0 Å². The molecule has 3 rings (SSSR count). The molecule has 1 aliphatic rings. The van der Waals surface area contributed by atoms with E-state index in [2.05, 4.69) is 5.32 Å². The van der Waals surface area contributed by atoms with E-state index in [-0.39, 0.29) is 24.2 Å². The molecule has 1 saturated heterocycles. The molecule has 1 atom stereocenters. The van der Waals surface area contributed by atoms with Crippen molar-refractivity contribution in [2.45, 2.75) is 26.8 Å². The Kier molecular flexibility index (Phi) is 5.56. The summed E-state index contributed by atoms with van der Waals surface area (Å²) in [6.07, 6.45) is 0.222. The van der Waals surface area contributed by atoms with Gasteiger partial charge in [-0.15, -0.1) is 0 Å². The van der Waals surface area contributed by atoms with Crippen LogP contribution in [0.3, 0.4) is 0 Å². The molecule has 1 heterocycles. The zero-order valence-corrected chi connectivity index (χ0v) is 15.2. The highest BCUT2D eigenvalue weighted by molar-refractivity contribution is 6.01. The van der Waals surface area contributed by atoms with Gasteiger partial charge in [0, 0.05) is 19.5 Å². The van der Waals surface area contributed by atoms with Crippen LogP contribution in [-0.2, 0) is 16.1 Å². The van der Waals surface area contributed by atoms with Crippen molar-refractivity contribution >= 4 is 17.5 Å². The molecule has 0 bridgehead atoms. The van der Waals surface area contributed by atoms with E-state index < -0.39 is 0 Å². The second kappa shape index (κ2) is 8.04. The lowest BCUT2D eigenvalue weighted by Crippen LogP contribution is -2.32. The average molecular weight is 352 g/mol. The number of carbonyl (C=O) groups excluding carboxylic acids is 2. The van der Waals surface area contributed by atoms with Gasteiger partial charge in [0.2, 0.25) is 11.8 Å². The van der Waals surface area contributed by atoms with E-state index in [4.69, 9.17) is 4.74 Å². The van der Waals surface area contributed by atoms with Crippen LogP contribution in [0, 0.1) is 12.8 Å². The summed E-state index contributed by atoms with van der Waals surface area (Å²) in [6, 6.07) is 15.4. The maximum Gasteiger partial charge on any atom is 0.227 e. The standard InChI is InChI=1S/C21H24N2O3/c1-3-26-19-11-7-6-10-18(19)23-14-17(12-20(23)24)21(25)22-13-16-9-5-4-8-15(16)2/h4-11,17H,3,12-14H2,1-2H3,(H,22,25). The third-order valence-corrected chi connectivity index (χ3v) is 4.67. The van der Waals surface area contributed by atoms with Gasteiger partial charge in [0.25, 0.3) is 0 Å². The number of para-hydroxylation sites is 2. The van der Waals surface area contributed by atoms with Gasteiger partial charge < -0.3 is 15.0 Å². The third-order valence-electron chi connectivity index (χ3n) is 4.67. The molecule has 136 valence electrons. The first-order chi connectivity index (χ1) is 12.6. The van der Waals surface area contributed by atoms with E-state index in [9.17, 15) is 9.59 Å². The highest BCUT2D eigenvalue weighted by atomic mass is 16.5. The van der Waals surface area contributed by atoms with Crippen molar-refractivity contribution in [1.82, 2.24) is 5.32 Å². The summed E-state index contributed by atoms with van der Waals surface area (Å²) in [7, 11) is 0. The number of aryl methyl sites for hydroxylation is 1.